The third kappa shape index (κ3) is 7.21. The second-order valence-corrected chi connectivity index (χ2v) is 7.28. The first-order chi connectivity index (χ1) is 12.2. The predicted molar refractivity (Wildman–Crippen MR) is 119 cm³/mol. The third-order valence-electron chi connectivity index (χ3n) is 5.61. The maximum atomic E-state index is 11.6. The van der Waals surface area contributed by atoms with Crippen molar-refractivity contribution < 1.29 is 4.79 Å². The Morgan fingerprint density at radius 2 is 1.85 bits per heavy atom. The van der Waals surface area contributed by atoms with E-state index < -0.39 is 0 Å². The number of likely N-dealkylation sites (N-methyl/N-ethyl adjacent to an activating group) is 1. The summed E-state index contributed by atoms with van der Waals surface area (Å²) in [4.78, 5) is 21.5. The lowest BCUT2D eigenvalue weighted by atomic mass is 9.93. The number of hydrogen-bond acceptors (Lipinski definition) is 3. The molecule has 2 fully saturated rings. The van der Waals surface area contributed by atoms with Gasteiger partial charge in [-0.15, -0.1) is 24.0 Å². The molecule has 2 heterocycles. The minimum Gasteiger partial charge on any atom is -0.359 e. The monoisotopic (exact) mass is 479 g/mol. The fourth-order valence-electron chi connectivity index (χ4n) is 4.01. The SMILES string of the molecule is CCNC(=NCC1CCCCN1CC)N1CCC(CC(=O)NC)CC1.I. The van der Waals surface area contributed by atoms with Crippen molar-refractivity contribution in [3.63, 3.8) is 0 Å². The number of halogens is 1. The van der Waals surface area contributed by atoms with E-state index in [0.717, 1.165) is 51.5 Å². The number of hydrogen-bond donors (Lipinski definition) is 2. The molecule has 1 amide bonds. The number of rotatable bonds is 6. The summed E-state index contributed by atoms with van der Waals surface area (Å²) in [5, 5.41) is 6.21. The quantitative estimate of drug-likeness (QED) is 0.349. The first-order valence-corrected chi connectivity index (χ1v) is 10.2. The van der Waals surface area contributed by atoms with Crippen molar-refractivity contribution in [2.75, 3.05) is 46.3 Å². The highest BCUT2D eigenvalue weighted by Gasteiger charge is 2.24. The summed E-state index contributed by atoms with van der Waals surface area (Å²) in [6.07, 6.45) is 6.73. The Balaban J connectivity index is 0.00000338. The molecule has 2 N–H and O–H groups in total. The molecular weight excluding hydrogens is 441 g/mol. The Labute approximate surface area is 176 Å². The zero-order valence-corrected chi connectivity index (χ0v) is 19.1. The van der Waals surface area contributed by atoms with E-state index in [1.54, 1.807) is 7.05 Å². The second-order valence-electron chi connectivity index (χ2n) is 7.28. The molecule has 0 bridgehead atoms. The fourth-order valence-corrected chi connectivity index (χ4v) is 4.01. The smallest absolute Gasteiger partial charge is 0.220 e. The van der Waals surface area contributed by atoms with Crippen LogP contribution in [0.2, 0.25) is 0 Å². The molecule has 6 nitrogen and oxygen atoms in total. The van der Waals surface area contributed by atoms with Gasteiger partial charge in [-0.2, -0.15) is 0 Å². The van der Waals surface area contributed by atoms with Crippen molar-refractivity contribution in [2.45, 2.75) is 58.4 Å². The number of aliphatic imine (C=N–C) groups is 1. The summed E-state index contributed by atoms with van der Waals surface area (Å²) in [6.45, 7) is 10.5. The van der Waals surface area contributed by atoms with E-state index >= 15 is 0 Å². The number of piperidine rings is 2. The van der Waals surface area contributed by atoms with E-state index in [1.807, 2.05) is 0 Å². The van der Waals surface area contributed by atoms with Gasteiger partial charge >= 0.3 is 0 Å². The van der Waals surface area contributed by atoms with Crippen molar-refractivity contribution in [1.29, 1.82) is 0 Å². The van der Waals surface area contributed by atoms with E-state index in [0.29, 0.717) is 18.4 Å². The van der Waals surface area contributed by atoms with E-state index in [4.69, 9.17) is 4.99 Å². The van der Waals surface area contributed by atoms with Crippen LogP contribution in [0.25, 0.3) is 0 Å². The predicted octanol–water partition coefficient (Wildman–Crippen LogP) is 2.29. The van der Waals surface area contributed by atoms with Gasteiger partial charge in [0.1, 0.15) is 0 Å². The molecule has 0 aromatic carbocycles. The Morgan fingerprint density at radius 3 is 2.46 bits per heavy atom. The zero-order valence-electron chi connectivity index (χ0n) is 16.8. The van der Waals surface area contributed by atoms with Crippen molar-refractivity contribution >= 4 is 35.8 Å². The number of carbonyl (C=O) groups excluding carboxylic acids is 1. The van der Waals surface area contributed by atoms with Crippen LogP contribution in [0.4, 0.5) is 0 Å². The molecule has 0 aromatic heterocycles. The number of amides is 1. The number of nitrogens with one attached hydrogen (secondary N) is 2. The average molecular weight is 479 g/mol. The summed E-state index contributed by atoms with van der Waals surface area (Å²) < 4.78 is 0. The standard InChI is InChI=1S/C19H37N5O.HI/c1-4-21-19(22-15-17-8-6-7-11-23(17)5-2)24-12-9-16(10-13-24)14-18(25)20-3;/h16-17H,4-15H2,1-3H3,(H,20,25)(H,21,22);1H. The van der Waals surface area contributed by atoms with E-state index in [2.05, 4.69) is 34.3 Å². The first kappa shape index (κ1) is 23.5. The Bertz CT molecular complexity index is 438. The highest BCUT2D eigenvalue weighted by Crippen LogP contribution is 2.21. The highest BCUT2D eigenvalue weighted by atomic mass is 127. The lowest BCUT2D eigenvalue weighted by Crippen LogP contribution is -2.47. The van der Waals surface area contributed by atoms with Crippen molar-refractivity contribution in [3.8, 4) is 0 Å². The molecule has 7 heteroatoms. The van der Waals surface area contributed by atoms with Gasteiger partial charge in [-0.1, -0.05) is 13.3 Å². The van der Waals surface area contributed by atoms with E-state index in [-0.39, 0.29) is 29.9 Å². The van der Waals surface area contributed by atoms with Crippen molar-refractivity contribution in [2.24, 2.45) is 10.9 Å². The Morgan fingerprint density at radius 1 is 1.12 bits per heavy atom. The summed E-state index contributed by atoms with van der Waals surface area (Å²) >= 11 is 0. The molecular formula is C19H38IN5O. The molecule has 0 radical (unpaired) electrons. The molecule has 2 aliphatic rings. The lowest BCUT2D eigenvalue weighted by Gasteiger charge is -2.36. The summed E-state index contributed by atoms with van der Waals surface area (Å²) in [5.74, 6) is 1.73. The minimum atomic E-state index is 0. The van der Waals surface area contributed by atoms with E-state index in [1.165, 1.54) is 25.8 Å². The molecule has 1 atom stereocenters. The maximum absolute atomic E-state index is 11.6. The van der Waals surface area contributed by atoms with Crippen LogP contribution in [0.3, 0.4) is 0 Å². The molecule has 26 heavy (non-hydrogen) atoms. The van der Waals surface area contributed by atoms with Crippen LogP contribution in [0.15, 0.2) is 4.99 Å². The van der Waals surface area contributed by atoms with E-state index in [9.17, 15) is 4.79 Å². The Hall–Kier alpha value is -0.570. The Kier molecular flexibility index (Phi) is 11.5. The molecule has 0 spiro atoms. The van der Waals surface area contributed by atoms with Crippen LogP contribution in [-0.4, -0.2) is 74.0 Å². The molecule has 152 valence electrons. The molecule has 2 aliphatic heterocycles. The molecule has 0 aliphatic carbocycles. The highest BCUT2D eigenvalue weighted by molar-refractivity contribution is 14.0. The topological polar surface area (TPSA) is 60.0 Å². The minimum absolute atomic E-state index is 0. The molecule has 0 aromatic rings. The second kappa shape index (κ2) is 12.8. The van der Waals surface area contributed by atoms with Crippen molar-refractivity contribution in [3.05, 3.63) is 0 Å². The summed E-state index contributed by atoms with van der Waals surface area (Å²) in [6, 6.07) is 0.596. The van der Waals surface area contributed by atoms with Crippen LogP contribution in [0.5, 0.6) is 0 Å². The molecule has 2 saturated heterocycles. The van der Waals surface area contributed by atoms with Gasteiger partial charge in [0.05, 0.1) is 6.54 Å². The fraction of sp³-hybridized carbons (Fsp3) is 0.895. The van der Waals surface area contributed by atoms with Gasteiger partial charge in [0.15, 0.2) is 5.96 Å². The lowest BCUT2D eigenvalue weighted by molar-refractivity contribution is -0.121. The maximum Gasteiger partial charge on any atom is 0.220 e. The summed E-state index contributed by atoms with van der Waals surface area (Å²) in [5.41, 5.74) is 0. The third-order valence-corrected chi connectivity index (χ3v) is 5.61. The number of likely N-dealkylation sites (tertiary alicyclic amines) is 2. The van der Waals surface area contributed by atoms with Gasteiger partial charge in [0.2, 0.25) is 5.91 Å². The zero-order chi connectivity index (χ0) is 18.1. The molecule has 1 unspecified atom stereocenters. The largest absolute Gasteiger partial charge is 0.359 e. The molecule has 2 rings (SSSR count). The van der Waals surface area contributed by atoms with Crippen LogP contribution >= 0.6 is 24.0 Å². The molecule has 0 saturated carbocycles. The van der Waals surface area contributed by atoms with Crippen LogP contribution in [0, 0.1) is 5.92 Å². The van der Waals surface area contributed by atoms with Crippen LogP contribution in [0.1, 0.15) is 52.4 Å². The van der Waals surface area contributed by atoms with Gasteiger partial charge < -0.3 is 15.5 Å². The van der Waals surface area contributed by atoms with Gasteiger partial charge in [-0.25, -0.2) is 0 Å². The van der Waals surface area contributed by atoms with Gasteiger partial charge in [-0.3, -0.25) is 14.7 Å². The normalized spacial score (nSPS) is 22.7. The number of guanidine groups is 1. The van der Waals surface area contributed by atoms with Crippen LogP contribution in [-0.2, 0) is 4.79 Å². The summed E-state index contributed by atoms with van der Waals surface area (Å²) in [7, 11) is 1.72. The van der Waals surface area contributed by atoms with Crippen LogP contribution < -0.4 is 10.6 Å². The van der Waals surface area contributed by atoms with Gasteiger partial charge in [0.25, 0.3) is 0 Å². The number of carbonyl (C=O) groups is 1. The first-order valence-electron chi connectivity index (χ1n) is 10.2. The van der Waals surface area contributed by atoms with Gasteiger partial charge in [-0.05, 0) is 51.6 Å². The number of nitrogens with zero attached hydrogens (tertiary/aromatic N) is 3. The van der Waals surface area contributed by atoms with Crippen molar-refractivity contribution in [1.82, 2.24) is 20.4 Å². The van der Waals surface area contributed by atoms with Gasteiger partial charge in [0, 0.05) is 39.1 Å². The average Bonchev–Trinajstić information content (AvgIpc) is 2.66.